The van der Waals surface area contributed by atoms with Crippen molar-refractivity contribution in [2.75, 3.05) is 26.7 Å². The van der Waals surface area contributed by atoms with Gasteiger partial charge < -0.3 is 5.32 Å². The number of nitrogens with zero attached hydrogens (tertiary/aromatic N) is 2. The van der Waals surface area contributed by atoms with Crippen LogP contribution in [0.1, 0.15) is 25.3 Å². The molecule has 0 bridgehead atoms. The van der Waals surface area contributed by atoms with Crippen LogP contribution in [-0.4, -0.2) is 36.6 Å². The zero-order chi connectivity index (χ0) is 11.6. The predicted octanol–water partition coefficient (Wildman–Crippen LogP) is 1.90. The standard InChI is InChI=1S/C13H23N3/c1-3-16(11-5-4-8-14-2)12-13-6-9-15-10-7-13/h6-7,9-10,14H,3-5,8,11-12H2,1-2H3. The van der Waals surface area contributed by atoms with Crippen molar-refractivity contribution in [1.82, 2.24) is 15.2 Å². The number of hydrogen-bond acceptors (Lipinski definition) is 3. The van der Waals surface area contributed by atoms with Crippen molar-refractivity contribution in [1.29, 1.82) is 0 Å². The molecule has 1 rings (SSSR count). The molecule has 90 valence electrons. The molecule has 0 saturated heterocycles. The van der Waals surface area contributed by atoms with Crippen molar-refractivity contribution in [3.05, 3.63) is 30.1 Å². The maximum Gasteiger partial charge on any atom is 0.0271 e. The first-order valence-corrected chi connectivity index (χ1v) is 6.12. The van der Waals surface area contributed by atoms with Crippen LogP contribution in [0.15, 0.2) is 24.5 Å². The summed E-state index contributed by atoms with van der Waals surface area (Å²) in [6.07, 6.45) is 6.25. The van der Waals surface area contributed by atoms with Gasteiger partial charge in [-0.05, 0) is 57.2 Å². The van der Waals surface area contributed by atoms with E-state index in [9.17, 15) is 0 Å². The second-order valence-electron chi connectivity index (χ2n) is 4.03. The average Bonchev–Trinajstić information content (AvgIpc) is 2.34. The molecule has 3 heteroatoms. The number of nitrogens with one attached hydrogen (secondary N) is 1. The van der Waals surface area contributed by atoms with E-state index in [1.165, 1.54) is 24.9 Å². The lowest BCUT2D eigenvalue weighted by atomic mass is 10.2. The third kappa shape index (κ3) is 5.24. The maximum absolute atomic E-state index is 4.04. The minimum Gasteiger partial charge on any atom is -0.320 e. The number of hydrogen-bond donors (Lipinski definition) is 1. The summed E-state index contributed by atoms with van der Waals surface area (Å²) in [6.45, 7) is 6.67. The quantitative estimate of drug-likeness (QED) is 0.680. The highest BCUT2D eigenvalue weighted by Crippen LogP contribution is 2.04. The van der Waals surface area contributed by atoms with Gasteiger partial charge in [-0.2, -0.15) is 0 Å². The van der Waals surface area contributed by atoms with Gasteiger partial charge in [0.15, 0.2) is 0 Å². The molecule has 0 spiro atoms. The molecule has 0 aliphatic rings. The highest BCUT2D eigenvalue weighted by Gasteiger charge is 2.02. The van der Waals surface area contributed by atoms with E-state index in [4.69, 9.17) is 0 Å². The molecule has 0 saturated carbocycles. The molecular formula is C13H23N3. The molecule has 3 nitrogen and oxygen atoms in total. The molecule has 0 atom stereocenters. The number of rotatable bonds is 8. The van der Waals surface area contributed by atoms with Gasteiger partial charge >= 0.3 is 0 Å². The van der Waals surface area contributed by atoms with E-state index in [1.54, 1.807) is 0 Å². The molecule has 0 radical (unpaired) electrons. The van der Waals surface area contributed by atoms with Crippen molar-refractivity contribution in [3.8, 4) is 0 Å². The van der Waals surface area contributed by atoms with E-state index < -0.39 is 0 Å². The first-order chi connectivity index (χ1) is 7.86. The Morgan fingerprint density at radius 1 is 1.25 bits per heavy atom. The lowest BCUT2D eigenvalue weighted by Crippen LogP contribution is -2.24. The highest BCUT2D eigenvalue weighted by atomic mass is 15.1. The van der Waals surface area contributed by atoms with E-state index in [-0.39, 0.29) is 0 Å². The molecule has 1 aromatic rings. The van der Waals surface area contributed by atoms with Gasteiger partial charge in [0.05, 0.1) is 0 Å². The van der Waals surface area contributed by atoms with Crippen LogP contribution in [-0.2, 0) is 6.54 Å². The van der Waals surface area contributed by atoms with Crippen molar-refractivity contribution in [2.24, 2.45) is 0 Å². The molecule has 0 aliphatic carbocycles. The Bertz CT molecular complexity index is 261. The van der Waals surface area contributed by atoms with Crippen molar-refractivity contribution in [2.45, 2.75) is 26.3 Å². The van der Waals surface area contributed by atoms with Crippen LogP contribution in [0.5, 0.6) is 0 Å². The zero-order valence-corrected chi connectivity index (χ0v) is 10.4. The second kappa shape index (κ2) is 8.25. The Labute approximate surface area is 98.9 Å². The number of unbranched alkanes of at least 4 members (excludes halogenated alkanes) is 1. The lowest BCUT2D eigenvalue weighted by molar-refractivity contribution is 0.273. The van der Waals surface area contributed by atoms with Crippen LogP contribution in [0.2, 0.25) is 0 Å². The first-order valence-electron chi connectivity index (χ1n) is 6.12. The van der Waals surface area contributed by atoms with Gasteiger partial charge in [0, 0.05) is 18.9 Å². The summed E-state index contributed by atoms with van der Waals surface area (Å²) < 4.78 is 0. The van der Waals surface area contributed by atoms with Crippen molar-refractivity contribution in [3.63, 3.8) is 0 Å². The lowest BCUT2D eigenvalue weighted by Gasteiger charge is -2.20. The van der Waals surface area contributed by atoms with Crippen LogP contribution in [0.4, 0.5) is 0 Å². The highest BCUT2D eigenvalue weighted by molar-refractivity contribution is 5.09. The molecule has 0 fully saturated rings. The molecular weight excluding hydrogens is 198 g/mol. The molecule has 1 heterocycles. The Morgan fingerprint density at radius 2 is 2.00 bits per heavy atom. The molecule has 0 amide bonds. The van der Waals surface area contributed by atoms with Crippen LogP contribution in [0, 0.1) is 0 Å². The van der Waals surface area contributed by atoms with Gasteiger partial charge in [-0.15, -0.1) is 0 Å². The number of aromatic nitrogens is 1. The minimum absolute atomic E-state index is 1.04. The number of pyridine rings is 1. The fourth-order valence-electron chi connectivity index (χ4n) is 1.73. The van der Waals surface area contributed by atoms with Gasteiger partial charge in [-0.1, -0.05) is 6.92 Å². The summed E-state index contributed by atoms with van der Waals surface area (Å²) in [6, 6.07) is 4.19. The van der Waals surface area contributed by atoms with Gasteiger partial charge in [0.2, 0.25) is 0 Å². The molecule has 0 aromatic carbocycles. The Balaban J connectivity index is 2.26. The Hall–Kier alpha value is -0.930. The summed E-state index contributed by atoms with van der Waals surface area (Å²) in [5.41, 5.74) is 1.35. The third-order valence-electron chi connectivity index (χ3n) is 2.75. The van der Waals surface area contributed by atoms with Gasteiger partial charge in [0.25, 0.3) is 0 Å². The van der Waals surface area contributed by atoms with Crippen molar-refractivity contribution < 1.29 is 0 Å². The van der Waals surface area contributed by atoms with E-state index in [0.29, 0.717) is 0 Å². The second-order valence-corrected chi connectivity index (χ2v) is 4.03. The predicted molar refractivity (Wildman–Crippen MR) is 68.3 cm³/mol. The van der Waals surface area contributed by atoms with Crippen LogP contribution in [0.3, 0.4) is 0 Å². The van der Waals surface area contributed by atoms with E-state index >= 15 is 0 Å². The van der Waals surface area contributed by atoms with Crippen LogP contribution < -0.4 is 5.32 Å². The third-order valence-corrected chi connectivity index (χ3v) is 2.75. The zero-order valence-electron chi connectivity index (χ0n) is 10.4. The molecule has 1 N–H and O–H groups in total. The summed E-state index contributed by atoms with van der Waals surface area (Å²) >= 11 is 0. The molecule has 1 aromatic heterocycles. The van der Waals surface area contributed by atoms with Gasteiger partial charge in [0.1, 0.15) is 0 Å². The van der Waals surface area contributed by atoms with Crippen molar-refractivity contribution >= 4 is 0 Å². The summed E-state index contributed by atoms with van der Waals surface area (Å²) in [5.74, 6) is 0. The summed E-state index contributed by atoms with van der Waals surface area (Å²) in [5, 5.41) is 3.18. The summed E-state index contributed by atoms with van der Waals surface area (Å²) in [4.78, 5) is 6.52. The van der Waals surface area contributed by atoms with Gasteiger partial charge in [-0.3, -0.25) is 9.88 Å². The SMILES string of the molecule is CCN(CCCCNC)Cc1ccncc1. The monoisotopic (exact) mass is 221 g/mol. The fraction of sp³-hybridized carbons (Fsp3) is 0.615. The smallest absolute Gasteiger partial charge is 0.0271 e. The maximum atomic E-state index is 4.04. The Kier molecular flexibility index (Phi) is 6.77. The fourth-order valence-corrected chi connectivity index (χ4v) is 1.73. The largest absolute Gasteiger partial charge is 0.320 e. The normalized spacial score (nSPS) is 10.9. The molecule has 0 unspecified atom stereocenters. The average molecular weight is 221 g/mol. The van der Waals surface area contributed by atoms with Gasteiger partial charge in [-0.25, -0.2) is 0 Å². The molecule has 16 heavy (non-hydrogen) atoms. The van der Waals surface area contributed by atoms with Crippen LogP contribution in [0.25, 0.3) is 0 Å². The summed E-state index contributed by atoms with van der Waals surface area (Å²) in [7, 11) is 2.01. The van der Waals surface area contributed by atoms with E-state index in [2.05, 4.69) is 34.3 Å². The Morgan fingerprint density at radius 3 is 2.62 bits per heavy atom. The first kappa shape index (κ1) is 13.1. The van der Waals surface area contributed by atoms with E-state index in [0.717, 1.165) is 19.6 Å². The topological polar surface area (TPSA) is 28.2 Å². The molecule has 0 aliphatic heterocycles. The van der Waals surface area contributed by atoms with E-state index in [1.807, 2.05) is 19.4 Å². The minimum atomic E-state index is 1.04. The van der Waals surface area contributed by atoms with Crippen LogP contribution >= 0.6 is 0 Å².